The van der Waals surface area contributed by atoms with Gasteiger partial charge in [-0.15, -0.1) is 0 Å². The Hall–Kier alpha value is -2.22. The molecule has 0 aliphatic rings. The lowest BCUT2D eigenvalue weighted by Gasteiger charge is -2.19. The van der Waals surface area contributed by atoms with Crippen molar-refractivity contribution in [3.63, 3.8) is 0 Å². The molecule has 1 aromatic rings. The van der Waals surface area contributed by atoms with E-state index in [1.54, 1.807) is 6.07 Å². The highest BCUT2D eigenvalue weighted by Crippen LogP contribution is 2.16. The van der Waals surface area contributed by atoms with Crippen molar-refractivity contribution in [2.45, 2.75) is 46.1 Å². The number of ether oxygens (including phenoxy) is 2. The molecule has 22 heavy (non-hydrogen) atoms. The third kappa shape index (κ3) is 6.98. The molecule has 0 saturated carbocycles. The average molecular weight is 304 g/mol. The summed E-state index contributed by atoms with van der Waals surface area (Å²) in [5.74, 6) is 0.697. The third-order valence-electron chi connectivity index (χ3n) is 2.84. The summed E-state index contributed by atoms with van der Waals surface area (Å²) in [7, 11) is 0. The maximum Gasteiger partial charge on any atom is 0.407 e. The predicted octanol–water partition coefficient (Wildman–Crippen LogP) is 3.55. The highest BCUT2D eigenvalue weighted by atomic mass is 16.6. The van der Waals surface area contributed by atoms with Crippen molar-refractivity contribution >= 4 is 6.09 Å². The van der Waals surface area contributed by atoms with E-state index >= 15 is 0 Å². The molecule has 0 heterocycles. The monoisotopic (exact) mass is 304 g/mol. The van der Waals surface area contributed by atoms with Crippen molar-refractivity contribution in [3.05, 3.63) is 29.3 Å². The number of rotatable bonds is 6. The van der Waals surface area contributed by atoms with E-state index in [4.69, 9.17) is 14.7 Å². The second-order valence-electron chi connectivity index (χ2n) is 6.07. The van der Waals surface area contributed by atoms with Crippen LogP contribution in [-0.4, -0.2) is 24.8 Å². The van der Waals surface area contributed by atoms with Gasteiger partial charge in [-0.25, -0.2) is 4.79 Å². The van der Waals surface area contributed by atoms with E-state index < -0.39 is 11.7 Å². The van der Waals surface area contributed by atoms with Crippen molar-refractivity contribution in [2.75, 3.05) is 13.2 Å². The fourth-order valence-electron chi connectivity index (χ4n) is 1.73. The molecular weight excluding hydrogens is 280 g/mol. The van der Waals surface area contributed by atoms with Crippen molar-refractivity contribution in [1.29, 1.82) is 5.26 Å². The Balaban J connectivity index is 2.19. The van der Waals surface area contributed by atoms with Crippen LogP contribution in [0.25, 0.3) is 0 Å². The van der Waals surface area contributed by atoms with Gasteiger partial charge >= 0.3 is 6.09 Å². The summed E-state index contributed by atoms with van der Waals surface area (Å²) in [6.45, 7) is 8.48. The van der Waals surface area contributed by atoms with E-state index in [-0.39, 0.29) is 0 Å². The largest absolute Gasteiger partial charge is 0.494 e. The molecule has 0 unspecified atom stereocenters. The smallest absolute Gasteiger partial charge is 0.407 e. The Morgan fingerprint density at radius 2 is 2.05 bits per heavy atom. The molecule has 1 aromatic carbocycles. The van der Waals surface area contributed by atoms with Crippen LogP contribution in [0.4, 0.5) is 4.79 Å². The van der Waals surface area contributed by atoms with E-state index in [1.807, 2.05) is 39.8 Å². The van der Waals surface area contributed by atoms with E-state index in [0.29, 0.717) is 24.5 Å². The van der Waals surface area contributed by atoms with Gasteiger partial charge in [0.15, 0.2) is 0 Å². The van der Waals surface area contributed by atoms with Gasteiger partial charge in [0, 0.05) is 6.54 Å². The number of nitrogens with one attached hydrogen (secondary N) is 1. The van der Waals surface area contributed by atoms with Crippen LogP contribution in [0.1, 0.15) is 44.7 Å². The molecule has 1 N–H and O–H groups in total. The van der Waals surface area contributed by atoms with Gasteiger partial charge in [0.25, 0.3) is 0 Å². The first kappa shape index (κ1) is 17.8. The lowest BCUT2D eigenvalue weighted by molar-refractivity contribution is 0.0526. The number of hydrogen-bond donors (Lipinski definition) is 1. The van der Waals surface area contributed by atoms with Crippen molar-refractivity contribution < 1.29 is 14.3 Å². The molecule has 0 saturated heterocycles. The van der Waals surface area contributed by atoms with Crippen LogP contribution >= 0.6 is 0 Å². The molecule has 5 heteroatoms. The van der Waals surface area contributed by atoms with Gasteiger partial charge in [-0.2, -0.15) is 5.26 Å². The Bertz CT molecular complexity index is 542. The van der Waals surface area contributed by atoms with Crippen LogP contribution < -0.4 is 10.1 Å². The Labute approximate surface area is 132 Å². The summed E-state index contributed by atoms with van der Waals surface area (Å²) in [6.07, 6.45) is 1.22. The highest BCUT2D eigenvalue weighted by molar-refractivity contribution is 5.67. The number of carbonyl (C=O) groups excluding carboxylic acids is 1. The molecule has 0 fully saturated rings. The Morgan fingerprint density at radius 3 is 2.68 bits per heavy atom. The summed E-state index contributed by atoms with van der Waals surface area (Å²) >= 11 is 0. The van der Waals surface area contributed by atoms with E-state index in [9.17, 15) is 4.79 Å². The SMILES string of the molecule is Cc1ccc(OCCCCNC(=O)OC(C)(C)C)cc1C#N. The highest BCUT2D eigenvalue weighted by Gasteiger charge is 2.15. The van der Waals surface area contributed by atoms with Gasteiger partial charge in [0.1, 0.15) is 11.4 Å². The molecule has 5 nitrogen and oxygen atoms in total. The molecule has 0 aliphatic heterocycles. The fraction of sp³-hybridized carbons (Fsp3) is 0.529. The van der Waals surface area contributed by atoms with E-state index in [2.05, 4.69) is 11.4 Å². The molecular formula is C17H24N2O3. The molecule has 0 atom stereocenters. The third-order valence-corrected chi connectivity index (χ3v) is 2.84. The lowest BCUT2D eigenvalue weighted by atomic mass is 10.1. The zero-order valence-electron chi connectivity index (χ0n) is 13.7. The Morgan fingerprint density at radius 1 is 1.32 bits per heavy atom. The van der Waals surface area contributed by atoms with E-state index in [0.717, 1.165) is 18.4 Å². The number of benzene rings is 1. The zero-order chi connectivity index (χ0) is 16.6. The summed E-state index contributed by atoms with van der Waals surface area (Å²) in [6, 6.07) is 7.61. The molecule has 1 rings (SSSR count). The van der Waals surface area contributed by atoms with E-state index in [1.165, 1.54) is 0 Å². The standard InChI is InChI=1S/C17H24N2O3/c1-13-7-8-15(11-14(13)12-18)21-10-6-5-9-19-16(20)22-17(2,3)4/h7-8,11H,5-6,9-10H2,1-4H3,(H,19,20). The first-order valence-electron chi connectivity index (χ1n) is 7.42. The van der Waals surface area contributed by atoms with Gasteiger partial charge in [-0.05, 0) is 58.2 Å². The first-order chi connectivity index (χ1) is 10.3. The summed E-state index contributed by atoms with van der Waals surface area (Å²) in [5, 5.41) is 11.7. The van der Waals surface area contributed by atoms with Crippen molar-refractivity contribution in [3.8, 4) is 11.8 Å². The molecule has 120 valence electrons. The number of unbranched alkanes of at least 4 members (excludes halogenated alkanes) is 1. The van der Waals surface area contributed by atoms with Gasteiger partial charge in [0.05, 0.1) is 18.2 Å². The van der Waals surface area contributed by atoms with Crippen molar-refractivity contribution in [2.24, 2.45) is 0 Å². The van der Waals surface area contributed by atoms with Crippen LogP contribution in [-0.2, 0) is 4.74 Å². The Kier molecular flexibility index (Phi) is 6.71. The van der Waals surface area contributed by atoms with Gasteiger partial charge in [0.2, 0.25) is 0 Å². The van der Waals surface area contributed by atoms with Crippen LogP contribution in [0.15, 0.2) is 18.2 Å². The second-order valence-corrected chi connectivity index (χ2v) is 6.07. The molecule has 1 amide bonds. The normalized spacial score (nSPS) is 10.7. The molecule has 0 radical (unpaired) electrons. The van der Waals surface area contributed by atoms with Gasteiger partial charge in [-0.1, -0.05) is 6.07 Å². The molecule has 0 spiro atoms. The summed E-state index contributed by atoms with van der Waals surface area (Å²) in [4.78, 5) is 11.4. The topological polar surface area (TPSA) is 71.3 Å². The molecule has 0 bridgehead atoms. The molecule has 0 aliphatic carbocycles. The second kappa shape index (κ2) is 8.28. The minimum Gasteiger partial charge on any atom is -0.494 e. The summed E-state index contributed by atoms with van der Waals surface area (Å²) in [5.41, 5.74) is 1.09. The number of alkyl carbamates (subject to hydrolysis) is 1. The lowest BCUT2D eigenvalue weighted by Crippen LogP contribution is -2.33. The fourth-order valence-corrected chi connectivity index (χ4v) is 1.73. The van der Waals surface area contributed by atoms with Crippen molar-refractivity contribution in [1.82, 2.24) is 5.32 Å². The van der Waals surface area contributed by atoms with Crippen LogP contribution in [0.3, 0.4) is 0 Å². The van der Waals surface area contributed by atoms with Crippen LogP contribution in [0.2, 0.25) is 0 Å². The maximum atomic E-state index is 11.4. The van der Waals surface area contributed by atoms with Crippen LogP contribution in [0.5, 0.6) is 5.75 Å². The number of amides is 1. The molecule has 0 aromatic heterocycles. The zero-order valence-corrected chi connectivity index (χ0v) is 13.7. The first-order valence-corrected chi connectivity index (χ1v) is 7.42. The van der Waals surface area contributed by atoms with Gasteiger partial charge in [-0.3, -0.25) is 0 Å². The van der Waals surface area contributed by atoms with Crippen LogP contribution in [0, 0.1) is 18.3 Å². The maximum absolute atomic E-state index is 11.4. The summed E-state index contributed by atoms with van der Waals surface area (Å²) < 4.78 is 10.7. The minimum absolute atomic E-state index is 0.398. The number of nitriles is 1. The van der Waals surface area contributed by atoms with Gasteiger partial charge < -0.3 is 14.8 Å². The quantitative estimate of drug-likeness (QED) is 0.816. The number of hydrogen-bond acceptors (Lipinski definition) is 4. The predicted molar refractivity (Wildman–Crippen MR) is 84.9 cm³/mol. The number of carbonyl (C=O) groups is 1. The average Bonchev–Trinajstić information content (AvgIpc) is 2.42. The number of nitrogens with zero attached hydrogens (tertiary/aromatic N) is 1. The number of aryl methyl sites for hydroxylation is 1. The minimum atomic E-state index is -0.475.